The number of aliphatic carboxylic acids is 1. The summed E-state index contributed by atoms with van der Waals surface area (Å²) in [7, 11) is 1.54. The Morgan fingerprint density at radius 2 is 1.77 bits per heavy atom. The highest BCUT2D eigenvalue weighted by molar-refractivity contribution is 5.74. The van der Waals surface area contributed by atoms with Crippen LogP contribution in [0.5, 0.6) is 5.75 Å². The van der Waals surface area contributed by atoms with Crippen molar-refractivity contribution in [2.45, 2.75) is 58.5 Å². The number of rotatable bonds is 17. The number of methoxy groups -OCH3 is 1. The first-order valence-electron chi connectivity index (χ1n) is 11.1. The Morgan fingerprint density at radius 3 is 2.39 bits per heavy atom. The Morgan fingerprint density at radius 1 is 1.06 bits per heavy atom. The SMILES string of the molecule is CCCCCCCN(CCOc1ccc(CC(OCC)C(=O)O)cc1)C(=O)NCOC. The van der Waals surface area contributed by atoms with E-state index >= 15 is 0 Å². The number of hydrogen-bond donors (Lipinski definition) is 2. The minimum atomic E-state index is -0.969. The maximum Gasteiger partial charge on any atom is 0.333 e. The van der Waals surface area contributed by atoms with Crippen molar-refractivity contribution in [2.75, 3.05) is 40.1 Å². The zero-order chi connectivity index (χ0) is 22.9. The number of nitrogens with zero attached hydrogens (tertiary/aromatic N) is 1. The highest BCUT2D eigenvalue weighted by Crippen LogP contribution is 2.15. The van der Waals surface area contributed by atoms with Gasteiger partial charge in [0, 0.05) is 26.7 Å². The molecule has 1 rings (SSSR count). The Balaban J connectivity index is 2.51. The van der Waals surface area contributed by atoms with Gasteiger partial charge in [0.25, 0.3) is 0 Å². The smallest absolute Gasteiger partial charge is 0.333 e. The highest BCUT2D eigenvalue weighted by atomic mass is 16.5. The molecule has 2 amide bonds. The average Bonchev–Trinajstić information content (AvgIpc) is 2.76. The molecule has 1 unspecified atom stereocenters. The third kappa shape index (κ3) is 11.6. The second kappa shape index (κ2) is 16.4. The van der Waals surface area contributed by atoms with Crippen LogP contribution >= 0.6 is 0 Å². The van der Waals surface area contributed by atoms with Gasteiger partial charge in [0.05, 0.1) is 6.54 Å². The minimum Gasteiger partial charge on any atom is -0.492 e. The van der Waals surface area contributed by atoms with E-state index in [-0.39, 0.29) is 12.8 Å². The van der Waals surface area contributed by atoms with Crippen LogP contribution in [-0.2, 0) is 20.7 Å². The predicted octanol–water partition coefficient (Wildman–Crippen LogP) is 3.68. The van der Waals surface area contributed by atoms with Crippen LogP contribution in [0.4, 0.5) is 4.79 Å². The molecule has 0 spiro atoms. The van der Waals surface area contributed by atoms with Gasteiger partial charge in [0.1, 0.15) is 19.1 Å². The fourth-order valence-electron chi connectivity index (χ4n) is 3.10. The summed E-state index contributed by atoms with van der Waals surface area (Å²) in [6, 6.07) is 7.12. The summed E-state index contributed by atoms with van der Waals surface area (Å²) in [5, 5.41) is 11.9. The van der Waals surface area contributed by atoms with Crippen LogP contribution in [0.25, 0.3) is 0 Å². The zero-order valence-electron chi connectivity index (χ0n) is 19.1. The highest BCUT2D eigenvalue weighted by Gasteiger charge is 2.18. The molecule has 31 heavy (non-hydrogen) atoms. The number of urea groups is 1. The largest absolute Gasteiger partial charge is 0.492 e. The summed E-state index contributed by atoms with van der Waals surface area (Å²) < 4.78 is 16.0. The second-order valence-corrected chi connectivity index (χ2v) is 7.29. The summed E-state index contributed by atoms with van der Waals surface area (Å²) >= 11 is 0. The van der Waals surface area contributed by atoms with Crippen LogP contribution in [0, 0.1) is 0 Å². The molecule has 1 atom stereocenters. The third-order valence-electron chi connectivity index (χ3n) is 4.80. The summed E-state index contributed by atoms with van der Waals surface area (Å²) in [4.78, 5) is 25.3. The molecule has 0 radical (unpaired) electrons. The summed E-state index contributed by atoms with van der Waals surface area (Å²) in [6.45, 7) is 5.99. The number of carboxylic acid groups (broad SMARTS) is 1. The van der Waals surface area contributed by atoms with E-state index in [2.05, 4.69) is 12.2 Å². The van der Waals surface area contributed by atoms with E-state index in [1.807, 2.05) is 12.1 Å². The van der Waals surface area contributed by atoms with Crippen molar-refractivity contribution in [1.29, 1.82) is 0 Å². The van der Waals surface area contributed by atoms with Gasteiger partial charge >= 0.3 is 12.0 Å². The molecule has 1 aromatic rings. The fourth-order valence-corrected chi connectivity index (χ4v) is 3.10. The standard InChI is InChI=1S/C23H38N2O6/c1-4-6-7-8-9-14-25(23(28)24-18-29-3)15-16-31-20-12-10-19(11-13-20)17-21(22(26)27)30-5-2/h10-13,21H,4-9,14-18H2,1-3H3,(H,24,28)(H,26,27). The first-order chi connectivity index (χ1) is 15.0. The third-order valence-corrected chi connectivity index (χ3v) is 4.80. The number of benzene rings is 1. The molecule has 1 aromatic carbocycles. The molecular weight excluding hydrogens is 400 g/mol. The molecule has 0 saturated heterocycles. The number of ether oxygens (including phenoxy) is 3. The van der Waals surface area contributed by atoms with E-state index in [1.165, 1.54) is 26.4 Å². The lowest BCUT2D eigenvalue weighted by Crippen LogP contribution is -2.43. The van der Waals surface area contributed by atoms with Crippen molar-refractivity contribution in [3.05, 3.63) is 29.8 Å². The van der Waals surface area contributed by atoms with Crippen LogP contribution in [0.3, 0.4) is 0 Å². The molecular formula is C23H38N2O6. The summed E-state index contributed by atoms with van der Waals surface area (Å²) in [5.41, 5.74) is 0.862. The number of amides is 2. The maximum atomic E-state index is 12.3. The topological polar surface area (TPSA) is 97.3 Å². The summed E-state index contributed by atoms with van der Waals surface area (Å²) in [5.74, 6) is -0.295. The number of carbonyl (C=O) groups is 2. The molecule has 0 bridgehead atoms. The molecule has 8 nitrogen and oxygen atoms in total. The monoisotopic (exact) mass is 438 g/mol. The van der Waals surface area contributed by atoms with Crippen LogP contribution < -0.4 is 10.1 Å². The van der Waals surface area contributed by atoms with Gasteiger partial charge in [-0.25, -0.2) is 9.59 Å². The number of hydrogen-bond acceptors (Lipinski definition) is 5. The van der Waals surface area contributed by atoms with Gasteiger partial charge in [-0.2, -0.15) is 0 Å². The lowest BCUT2D eigenvalue weighted by atomic mass is 10.1. The number of carbonyl (C=O) groups excluding carboxylic acids is 1. The van der Waals surface area contributed by atoms with Crippen molar-refractivity contribution < 1.29 is 28.9 Å². The van der Waals surface area contributed by atoms with E-state index < -0.39 is 12.1 Å². The van der Waals surface area contributed by atoms with Crippen molar-refractivity contribution in [3.8, 4) is 5.75 Å². The average molecular weight is 439 g/mol. The Kier molecular flexibility index (Phi) is 14.1. The molecule has 8 heteroatoms. The molecule has 0 aliphatic carbocycles. The van der Waals surface area contributed by atoms with Crippen molar-refractivity contribution in [2.24, 2.45) is 0 Å². The first-order valence-corrected chi connectivity index (χ1v) is 11.1. The van der Waals surface area contributed by atoms with Gasteiger partial charge in [0.2, 0.25) is 0 Å². The van der Waals surface area contributed by atoms with Gasteiger partial charge in [-0.3, -0.25) is 0 Å². The molecule has 2 N–H and O–H groups in total. The number of carboxylic acids is 1. The molecule has 0 aliphatic heterocycles. The van der Waals surface area contributed by atoms with Crippen molar-refractivity contribution >= 4 is 12.0 Å². The van der Waals surface area contributed by atoms with Crippen molar-refractivity contribution in [1.82, 2.24) is 10.2 Å². The van der Waals surface area contributed by atoms with Gasteiger partial charge in [-0.15, -0.1) is 0 Å². The van der Waals surface area contributed by atoms with Gasteiger partial charge in [0.15, 0.2) is 6.10 Å². The van der Waals surface area contributed by atoms with E-state index in [9.17, 15) is 14.7 Å². The van der Waals surface area contributed by atoms with E-state index in [1.54, 1.807) is 24.0 Å². The quantitative estimate of drug-likeness (QED) is 0.284. The van der Waals surface area contributed by atoms with Crippen LogP contribution in [0.2, 0.25) is 0 Å². The molecule has 0 aliphatic rings. The predicted molar refractivity (Wildman–Crippen MR) is 119 cm³/mol. The fraction of sp³-hybridized carbons (Fsp3) is 0.652. The van der Waals surface area contributed by atoms with E-state index in [0.717, 1.165) is 18.4 Å². The van der Waals surface area contributed by atoms with Crippen molar-refractivity contribution in [3.63, 3.8) is 0 Å². The van der Waals surface area contributed by atoms with Gasteiger partial charge in [-0.1, -0.05) is 44.7 Å². The molecule has 0 fully saturated rings. The number of nitrogens with one attached hydrogen (secondary N) is 1. The maximum absolute atomic E-state index is 12.3. The Bertz CT molecular complexity index is 623. The first kappa shape index (κ1) is 26.7. The number of unbranched alkanes of at least 4 members (excludes halogenated alkanes) is 4. The second-order valence-electron chi connectivity index (χ2n) is 7.29. The minimum absolute atomic E-state index is 0.160. The Labute approximate surface area is 185 Å². The Hall–Kier alpha value is -2.32. The molecule has 176 valence electrons. The van der Waals surface area contributed by atoms with E-state index in [4.69, 9.17) is 14.2 Å². The molecule has 0 aromatic heterocycles. The zero-order valence-corrected chi connectivity index (χ0v) is 19.1. The van der Waals surface area contributed by atoms with Crippen LogP contribution in [-0.4, -0.2) is 68.3 Å². The lowest BCUT2D eigenvalue weighted by Gasteiger charge is -2.23. The van der Waals surface area contributed by atoms with Gasteiger partial charge in [-0.05, 0) is 31.0 Å². The molecule has 0 heterocycles. The lowest BCUT2D eigenvalue weighted by molar-refractivity contribution is -0.149. The molecule has 0 saturated carbocycles. The summed E-state index contributed by atoms with van der Waals surface area (Å²) in [6.07, 6.45) is 5.09. The van der Waals surface area contributed by atoms with Crippen LogP contribution in [0.1, 0.15) is 51.5 Å². The van der Waals surface area contributed by atoms with Crippen LogP contribution in [0.15, 0.2) is 24.3 Å². The normalized spacial score (nSPS) is 11.7. The van der Waals surface area contributed by atoms with E-state index in [0.29, 0.717) is 38.5 Å². The van der Waals surface area contributed by atoms with Gasteiger partial charge < -0.3 is 29.5 Å².